The summed E-state index contributed by atoms with van der Waals surface area (Å²) in [5.41, 5.74) is 6.41. The molecule has 0 radical (unpaired) electrons. The second-order valence-electron chi connectivity index (χ2n) is 9.81. The molecule has 0 amide bonds. The predicted molar refractivity (Wildman–Crippen MR) is 133 cm³/mol. The van der Waals surface area contributed by atoms with Gasteiger partial charge in [0, 0.05) is 6.42 Å². The average molecular weight is 419 g/mol. The summed E-state index contributed by atoms with van der Waals surface area (Å²) in [6, 6.07) is 8.82. The van der Waals surface area contributed by atoms with Gasteiger partial charge < -0.3 is 0 Å². The SMILES string of the molecule is C=C/C=C(\CC(C)CC)C(=C)C1=CC(Cc2cccc(C)c2)C2CC=C(F)CC2[C@H]1C. The molecule has 1 heteroatoms. The Morgan fingerprint density at radius 3 is 2.74 bits per heavy atom. The van der Waals surface area contributed by atoms with Crippen LogP contribution in [-0.4, -0.2) is 0 Å². The number of rotatable bonds is 8. The molecule has 0 bridgehead atoms. The summed E-state index contributed by atoms with van der Waals surface area (Å²) in [6.45, 7) is 17.5. The van der Waals surface area contributed by atoms with Crippen molar-refractivity contribution in [3.63, 3.8) is 0 Å². The van der Waals surface area contributed by atoms with Crippen LogP contribution in [-0.2, 0) is 6.42 Å². The first-order valence-electron chi connectivity index (χ1n) is 12.0. The van der Waals surface area contributed by atoms with Gasteiger partial charge in [0.15, 0.2) is 0 Å². The number of halogens is 1. The van der Waals surface area contributed by atoms with Crippen LogP contribution in [0.4, 0.5) is 4.39 Å². The van der Waals surface area contributed by atoms with Crippen LogP contribution in [0.1, 0.15) is 57.6 Å². The minimum atomic E-state index is 0.0655. The lowest BCUT2D eigenvalue weighted by Gasteiger charge is -2.44. The van der Waals surface area contributed by atoms with Gasteiger partial charge in [0.2, 0.25) is 0 Å². The van der Waals surface area contributed by atoms with Crippen LogP contribution < -0.4 is 0 Å². The zero-order chi connectivity index (χ0) is 22.5. The van der Waals surface area contributed by atoms with E-state index in [4.69, 9.17) is 0 Å². The van der Waals surface area contributed by atoms with Crippen LogP contribution in [0.25, 0.3) is 0 Å². The molecule has 0 saturated heterocycles. The Morgan fingerprint density at radius 1 is 1.29 bits per heavy atom. The number of aryl methyl sites for hydroxylation is 1. The lowest BCUT2D eigenvalue weighted by molar-refractivity contribution is 0.170. The molecule has 0 aliphatic heterocycles. The summed E-state index contributed by atoms with van der Waals surface area (Å²) >= 11 is 0. The molecule has 1 aromatic carbocycles. The van der Waals surface area contributed by atoms with Crippen molar-refractivity contribution in [2.75, 3.05) is 0 Å². The third-order valence-corrected chi connectivity index (χ3v) is 7.54. The van der Waals surface area contributed by atoms with Gasteiger partial charge in [-0.1, -0.05) is 94.5 Å². The van der Waals surface area contributed by atoms with E-state index < -0.39 is 0 Å². The van der Waals surface area contributed by atoms with Crippen molar-refractivity contribution in [3.8, 4) is 0 Å². The van der Waals surface area contributed by atoms with Gasteiger partial charge in [-0.2, -0.15) is 0 Å². The highest BCUT2D eigenvalue weighted by Gasteiger charge is 2.40. The van der Waals surface area contributed by atoms with E-state index in [-0.39, 0.29) is 5.83 Å². The molecule has 1 aromatic rings. The maximum atomic E-state index is 14.4. The molecule has 0 N–H and O–H groups in total. The fraction of sp³-hybridized carbons (Fsp3) is 0.467. The standard InChI is InChI=1S/C30H39F/c1-7-10-25(16-20(3)8-2)22(5)29-18-26(17-24-12-9-11-21(4)15-24)28-14-13-27(31)19-30(28)23(29)6/h7,9-13,15,18,20,23,26,28,30H,1,5,8,14,16-17,19H2,2-4,6H3/b25-10+/t20?,23-,26?,28?,30?/m0/s1. The molecule has 0 saturated carbocycles. The van der Waals surface area contributed by atoms with Crippen molar-refractivity contribution in [2.45, 2.75) is 59.8 Å². The number of hydrogen-bond acceptors (Lipinski definition) is 0. The summed E-state index contributed by atoms with van der Waals surface area (Å²) < 4.78 is 14.4. The molecule has 31 heavy (non-hydrogen) atoms. The molecule has 0 nitrogen and oxygen atoms in total. The van der Waals surface area contributed by atoms with Crippen LogP contribution in [0.3, 0.4) is 0 Å². The summed E-state index contributed by atoms with van der Waals surface area (Å²) in [7, 11) is 0. The van der Waals surface area contributed by atoms with Crippen LogP contribution in [0.2, 0.25) is 0 Å². The number of fused-ring (bicyclic) bond motifs is 1. The minimum absolute atomic E-state index is 0.0655. The minimum Gasteiger partial charge on any atom is -0.212 e. The fourth-order valence-electron chi connectivity index (χ4n) is 5.51. The molecule has 0 aromatic heterocycles. The first-order valence-corrected chi connectivity index (χ1v) is 12.0. The Labute approximate surface area is 189 Å². The van der Waals surface area contributed by atoms with E-state index in [1.807, 2.05) is 12.2 Å². The van der Waals surface area contributed by atoms with Crippen LogP contribution in [0.15, 0.2) is 84.3 Å². The highest BCUT2D eigenvalue weighted by Crippen LogP contribution is 2.49. The van der Waals surface area contributed by atoms with E-state index in [0.29, 0.717) is 36.0 Å². The maximum Gasteiger partial charge on any atom is 0.0963 e. The summed E-state index contributed by atoms with van der Waals surface area (Å²) in [5, 5.41) is 0. The quantitative estimate of drug-likeness (QED) is 0.370. The Bertz CT molecular complexity index is 897. The van der Waals surface area contributed by atoms with Gasteiger partial charge in [-0.25, -0.2) is 4.39 Å². The summed E-state index contributed by atoms with van der Waals surface area (Å²) in [5.74, 6) is 2.23. The van der Waals surface area contributed by atoms with E-state index in [1.54, 1.807) is 0 Å². The fourth-order valence-corrected chi connectivity index (χ4v) is 5.51. The molecule has 4 unspecified atom stereocenters. The lowest BCUT2D eigenvalue weighted by Crippen LogP contribution is -2.36. The largest absolute Gasteiger partial charge is 0.212 e. The van der Waals surface area contributed by atoms with E-state index in [0.717, 1.165) is 31.3 Å². The van der Waals surface area contributed by atoms with Crippen LogP contribution >= 0.6 is 0 Å². The van der Waals surface area contributed by atoms with Gasteiger partial charge in [0.1, 0.15) is 0 Å². The monoisotopic (exact) mass is 418 g/mol. The van der Waals surface area contributed by atoms with E-state index in [1.165, 1.54) is 22.3 Å². The summed E-state index contributed by atoms with van der Waals surface area (Å²) in [6.07, 6.45) is 12.9. The van der Waals surface area contributed by atoms with Crippen molar-refractivity contribution in [1.82, 2.24) is 0 Å². The number of allylic oxidation sites excluding steroid dienone is 8. The molecule has 0 spiro atoms. The molecule has 0 fully saturated rings. The maximum absolute atomic E-state index is 14.4. The van der Waals surface area contributed by atoms with E-state index in [9.17, 15) is 4.39 Å². The zero-order valence-electron chi connectivity index (χ0n) is 19.8. The van der Waals surface area contributed by atoms with Gasteiger partial charge >= 0.3 is 0 Å². The smallest absolute Gasteiger partial charge is 0.0963 e. The van der Waals surface area contributed by atoms with Crippen molar-refractivity contribution < 1.29 is 4.39 Å². The predicted octanol–water partition coefficient (Wildman–Crippen LogP) is 8.71. The van der Waals surface area contributed by atoms with Gasteiger partial charge in [-0.05, 0) is 78.1 Å². The second-order valence-corrected chi connectivity index (χ2v) is 9.81. The first-order chi connectivity index (χ1) is 14.8. The lowest BCUT2D eigenvalue weighted by atomic mass is 9.61. The first kappa shape index (κ1) is 23.5. The Hall–Kier alpha value is -2.15. The highest BCUT2D eigenvalue weighted by molar-refractivity contribution is 5.49. The average Bonchev–Trinajstić information content (AvgIpc) is 2.74. The van der Waals surface area contributed by atoms with Gasteiger partial charge in [-0.15, -0.1) is 0 Å². The second kappa shape index (κ2) is 10.4. The molecule has 0 heterocycles. The van der Waals surface area contributed by atoms with Crippen LogP contribution in [0.5, 0.6) is 0 Å². The molecule has 3 rings (SSSR count). The van der Waals surface area contributed by atoms with Crippen molar-refractivity contribution in [1.29, 1.82) is 0 Å². The highest BCUT2D eigenvalue weighted by atomic mass is 19.1. The zero-order valence-corrected chi connectivity index (χ0v) is 19.8. The molecular formula is C30H39F. The molecule has 2 aliphatic carbocycles. The third kappa shape index (κ3) is 5.56. The Kier molecular flexibility index (Phi) is 7.92. The normalized spacial score (nSPS) is 27.1. The van der Waals surface area contributed by atoms with Gasteiger partial charge in [-0.3, -0.25) is 0 Å². The topological polar surface area (TPSA) is 0 Å². The molecule has 5 atom stereocenters. The van der Waals surface area contributed by atoms with Crippen molar-refractivity contribution in [2.24, 2.45) is 29.6 Å². The van der Waals surface area contributed by atoms with E-state index >= 15 is 0 Å². The number of hydrogen-bond donors (Lipinski definition) is 0. The third-order valence-electron chi connectivity index (χ3n) is 7.54. The number of benzene rings is 1. The van der Waals surface area contributed by atoms with E-state index in [2.05, 4.69) is 77.3 Å². The summed E-state index contributed by atoms with van der Waals surface area (Å²) in [4.78, 5) is 0. The molecule has 166 valence electrons. The molecule has 2 aliphatic rings. The van der Waals surface area contributed by atoms with Crippen molar-refractivity contribution in [3.05, 3.63) is 95.4 Å². The Balaban J connectivity index is 1.97. The van der Waals surface area contributed by atoms with Crippen LogP contribution in [0, 0.1) is 36.5 Å². The molecular weight excluding hydrogens is 379 g/mol. The Morgan fingerprint density at radius 2 is 2.06 bits per heavy atom. The van der Waals surface area contributed by atoms with Gasteiger partial charge in [0.25, 0.3) is 0 Å². The van der Waals surface area contributed by atoms with Crippen molar-refractivity contribution >= 4 is 0 Å². The van der Waals surface area contributed by atoms with Gasteiger partial charge in [0.05, 0.1) is 5.83 Å².